The van der Waals surface area contributed by atoms with E-state index in [-0.39, 0.29) is 49.7 Å². The first-order chi connectivity index (χ1) is 25.4. The Morgan fingerprint density at radius 1 is 0.574 bits per heavy atom. The summed E-state index contributed by atoms with van der Waals surface area (Å²) < 4.78 is 0. The van der Waals surface area contributed by atoms with Crippen LogP contribution in [0.25, 0.3) is 0 Å². The topological polar surface area (TPSA) is 266 Å². The number of nitrogens with two attached hydrogens (primary N) is 1. The third-order valence-corrected chi connectivity index (χ3v) is 8.34. The molecule has 2 aromatic carbocycles. The Kier molecular flexibility index (Phi) is 18.1. The molecule has 0 saturated heterocycles. The summed E-state index contributed by atoms with van der Waals surface area (Å²) in [5.41, 5.74) is 7.48. The van der Waals surface area contributed by atoms with Crippen molar-refractivity contribution in [2.24, 2.45) is 17.6 Å². The van der Waals surface area contributed by atoms with Crippen molar-refractivity contribution in [3.05, 3.63) is 65.7 Å². The van der Waals surface area contributed by atoms with Crippen LogP contribution in [0, 0.1) is 11.8 Å². The van der Waals surface area contributed by atoms with Gasteiger partial charge >= 0.3 is 11.9 Å². The van der Waals surface area contributed by atoms with Gasteiger partial charge in [-0.2, -0.15) is 0 Å². The van der Waals surface area contributed by atoms with Gasteiger partial charge in [-0.25, -0.2) is 4.79 Å². The summed E-state index contributed by atoms with van der Waals surface area (Å²) in [6.07, 6.45) is -0.422. The van der Waals surface area contributed by atoms with Crippen LogP contribution in [0.2, 0.25) is 0 Å². The van der Waals surface area contributed by atoms with Crippen LogP contribution in [-0.4, -0.2) is 93.0 Å². The van der Waals surface area contributed by atoms with E-state index in [1.54, 1.807) is 0 Å². The standard InChI is InChI=1S/C38H54N6O10/c1-21(2)17-29(43-37(52)30(18-22(3)4)42-34(49)27(39)19-24-9-7-6-8-10-24)36(51)40-23(5)33(48)41-28(15-16-32(46)47)35(50)44-31(38(53)54)20-25-11-13-26(45)14-12-25/h6-14,21-23,27-31,45H,15-20,39H2,1-5H3,(H,40,51)(H,41,48)(H,42,49)(H,43,52)(H,44,50)(H,46,47)(H,53,54)/t23-,27-,28-,29-,30-,31-/m0/s1. The van der Waals surface area contributed by atoms with Gasteiger partial charge in [-0.05, 0) is 67.7 Å². The van der Waals surface area contributed by atoms with Crippen LogP contribution >= 0.6 is 0 Å². The Morgan fingerprint density at radius 2 is 1.04 bits per heavy atom. The molecule has 0 radical (unpaired) electrons. The molecule has 5 amide bonds. The minimum atomic E-state index is -1.48. The maximum absolute atomic E-state index is 13.6. The molecule has 296 valence electrons. The first-order valence-electron chi connectivity index (χ1n) is 17.9. The summed E-state index contributed by atoms with van der Waals surface area (Å²) in [5, 5.41) is 41.2. The average Bonchev–Trinajstić information content (AvgIpc) is 3.09. The monoisotopic (exact) mass is 754 g/mol. The van der Waals surface area contributed by atoms with Crippen molar-refractivity contribution in [3.8, 4) is 5.75 Å². The second kappa shape index (κ2) is 21.9. The summed E-state index contributed by atoms with van der Waals surface area (Å²) in [4.78, 5) is 89.8. The van der Waals surface area contributed by atoms with E-state index in [0.717, 1.165) is 5.56 Å². The second-order valence-electron chi connectivity index (χ2n) is 14.2. The predicted molar refractivity (Wildman–Crippen MR) is 199 cm³/mol. The first-order valence-corrected chi connectivity index (χ1v) is 17.9. The number of aliphatic carboxylic acids is 2. The van der Waals surface area contributed by atoms with E-state index >= 15 is 0 Å². The predicted octanol–water partition coefficient (Wildman–Crippen LogP) is 0.990. The summed E-state index contributed by atoms with van der Waals surface area (Å²) in [7, 11) is 0. The summed E-state index contributed by atoms with van der Waals surface area (Å²) in [6, 6.07) is 7.55. The molecule has 0 bridgehead atoms. The van der Waals surface area contributed by atoms with E-state index in [1.807, 2.05) is 58.0 Å². The smallest absolute Gasteiger partial charge is 0.326 e. The molecule has 16 heteroatoms. The van der Waals surface area contributed by atoms with Gasteiger partial charge in [-0.3, -0.25) is 28.8 Å². The van der Waals surface area contributed by atoms with E-state index in [1.165, 1.54) is 31.2 Å². The Labute approximate surface area is 315 Å². The number of aromatic hydroxyl groups is 1. The maximum atomic E-state index is 13.6. The molecular formula is C38H54N6O10. The normalized spacial score (nSPS) is 14.4. The Balaban J connectivity index is 2.14. The Bertz CT molecular complexity index is 1580. The lowest BCUT2D eigenvalue weighted by atomic mass is 9.99. The first kappa shape index (κ1) is 44.7. The molecule has 0 unspecified atom stereocenters. The molecule has 0 heterocycles. The number of amides is 5. The number of carboxylic acid groups (broad SMARTS) is 2. The molecule has 54 heavy (non-hydrogen) atoms. The van der Waals surface area contributed by atoms with Crippen molar-refractivity contribution >= 4 is 41.5 Å². The zero-order valence-electron chi connectivity index (χ0n) is 31.3. The van der Waals surface area contributed by atoms with Gasteiger partial charge in [0.2, 0.25) is 29.5 Å². The van der Waals surface area contributed by atoms with Gasteiger partial charge in [0.25, 0.3) is 0 Å². The van der Waals surface area contributed by atoms with Gasteiger partial charge in [-0.15, -0.1) is 0 Å². The van der Waals surface area contributed by atoms with Crippen LogP contribution in [-0.2, 0) is 46.4 Å². The quantitative estimate of drug-likeness (QED) is 0.0818. The number of nitrogens with one attached hydrogen (secondary N) is 5. The van der Waals surface area contributed by atoms with E-state index in [9.17, 15) is 48.9 Å². The molecule has 0 saturated carbocycles. The fraction of sp³-hybridized carbons (Fsp3) is 0.500. The number of carbonyl (C=O) groups is 7. The van der Waals surface area contributed by atoms with Crippen molar-refractivity contribution in [2.75, 3.05) is 0 Å². The minimum Gasteiger partial charge on any atom is -0.508 e. The molecule has 2 rings (SSSR count). The highest BCUT2D eigenvalue weighted by molar-refractivity contribution is 5.96. The number of benzene rings is 2. The largest absolute Gasteiger partial charge is 0.508 e. The molecule has 6 atom stereocenters. The van der Waals surface area contributed by atoms with Gasteiger partial charge in [0.15, 0.2) is 0 Å². The fourth-order valence-electron chi connectivity index (χ4n) is 5.47. The maximum Gasteiger partial charge on any atom is 0.326 e. The highest BCUT2D eigenvalue weighted by Gasteiger charge is 2.32. The summed E-state index contributed by atoms with van der Waals surface area (Å²) in [6.45, 7) is 8.73. The molecule has 2 aromatic rings. The number of phenolic OH excluding ortho intramolecular Hbond substituents is 1. The van der Waals surface area contributed by atoms with Gasteiger partial charge in [0.05, 0.1) is 6.04 Å². The number of hydrogen-bond donors (Lipinski definition) is 9. The van der Waals surface area contributed by atoms with Crippen molar-refractivity contribution in [2.45, 2.75) is 109 Å². The third kappa shape index (κ3) is 16.0. The molecule has 0 fully saturated rings. The van der Waals surface area contributed by atoms with Crippen LogP contribution in [0.5, 0.6) is 5.75 Å². The third-order valence-electron chi connectivity index (χ3n) is 8.34. The molecule has 0 aromatic heterocycles. The number of rotatable bonds is 22. The van der Waals surface area contributed by atoms with E-state index < -0.39 is 84.1 Å². The van der Waals surface area contributed by atoms with Crippen LogP contribution in [0.4, 0.5) is 0 Å². The van der Waals surface area contributed by atoms with Crippen molar-refractivity contribution < 1.29 is 48.9 Å². The molecule has 0 aliphatic heterocycles. The lowest BCUT2D eigenvalue weighted by molar-refractivity contribution is -0.143. The van der Waals surface area contributed by atoms with Gasteiger partial charge in [0.1, 0.15) is 36.0 Å². The molecule has 0 aliphatic rings. The fourth-order valence-corrected chi connectivity index (χ4v) is 5.47. The van der Waals surface area contributed by atoms with Gasteiger partial charge in [-0.1, -0.05) is 70.2 Å². The lowest BCUT2D eigenvalue weighted by Gasteiger charge is -2.27. The SMILES string of the molecule is CC(C)C[C@H](NC(=O)[C@H](CC(C)C)NC(=O)[C@@H](N)Cc1ccccc1)C(=O)N[C@@H](C)C(=O)N[C@@H](CCC(=O)O)C(=O)N[C@@H](Cc1ccc(O)cc1)C(=O)O. The average molecular weight is 755 g/mol. The van der Waals surface area contributed by atoms with Gasteiger partial charge < -0.3 is 47.6 Å². The van der Waals surface area contributed by atoms with E-state index in [0.29, 0.717) is 5.56 Å². The number of phenols is 1. The van der Waals surface area contributed by atoms with Crippen molar-refractivity contribution in [3.63, 3.8) is 0 Å². The molecule has 0 aliphatic carbocycles. The molecule has 0 spiro atoms. The zero-order chi connectivity index (χ0) is 40.5. The highest BCUT2D eigenvalue weighted by Crippen LogP contribution is 2.13. The number of hydrogen-bond acceptors (Lipinski definition) is 9. The van der Waals surface area contributed by atoms with Gasteiger partial charge in [0, 0.05) is 12.8 Å². The zero-order valence-corrected chi connectivity index (χ0v) is 31.3. The van der Waals surface area contributed by atoms with Crippen LogP contribution < -0.4 is 32.3 Å². The second-order valence-corrected chi connectivity index (χ2v) is 14.2. The van der Waals surface area contributed by atoms with Crippen LogP contribution in [0.1, 0.15) is 71.4 Å². The molecule has 16 nitrogen and oxygen atoms in total. The Hall–Kier alpha value is -5.51. The highest BCUT2D eigenvalue weighted by atomic mass is 16.4. The lowest BCUT2D eigenvalue weighted by Crippen LogP contribution is -2.59. The van der Waals surface area contributed by atoms with Crippen molar-refractivity contribution in [1.82, 2.24) is 26.6 Å². The van der Waals surface area contributed by atoms with Crippen molar-refractivity contribution in [1.29, 1.82) is 0 Å². The summed E-state index contributed by atoms with van der Waals surface area (Å²) >= 11 is 0. The summed E-state index contributed by atoms with van der Waals surface area (Å²) in [5.74, 6) is -6.49. The van der Waals surface area contributed by atoms with Crippen LogP contribution in [0.3, 0.4) is 0 Å². The number of carbonyl (C=O) groups excluding carboxylic acids is 5. The van der Waals surface area contributed by atoms with E-state index in [2.05, 4.69) is 26.6 Å². The number of carboxylic acids is 2. The molecule has 10 N–H and O–H groups in total. The van der Waals surface area contributed by atoms with Crippen LogP contribution in [0.15, 0.2) is 54.6 Å². The molecular weight excluding hydrogens is 700 g/mol. The minimum absolute atomic E-state index is 0.0163. The van der Waals surface area contributed by atoms with E-state index in [4.69, 9.17) is 5.73 Å². The Morgan fingerprint density at radius 3 is 1.56 bits per heavy atom.